The first-order chi connectivity index (χ1) is 9.42. The lowest BCUT2D eigenvalue weighted by molar-refractivity contribution is 0.601. The van der Waals surface area contributed by atoms with Crippen molar-refractivity contribution in [2.75, 3.05) is 17.1 Å². The summed E-state index contributed by atoms with van der Waals surface area (Å²) in [5, 5.41) is 2.94. The Morgan fingerprint density at radius 3 is 2.20 bits per heavy atom. The Labute approximate surface area is 134 Å². The van der Waals surface area contributed by atoms with E-state index in [1.54, 1.807) is 49.5 Å². The molecule has 0 bridgehead atoms. The molecule has 0 aliphatic heterocycles. The maximum absolute atomic E-state index is 12.3. The van der Waals surface area contributed by atoms with Gasteiger partial charge in [-0.3, -0.25) is 4.72 Å². The molecule has 7 heteroatoms. The third-order valence-electron chi connectivity index (χ3n) is 2.63. The predicted molar refractivity (Wildman–Crippen MR) is 88.6 cm³/mol. The van der Waals surface area contributed by atoms with Crippen molar-refractivity contribution in [3.05, 3.63) is 51.4 Å². The summed E-state index contributed by atoms with van der Waals surface area (Å²) in [4.78, 5) is 0.214. The first-order valence-electron chi connectivity index (χ1n) is 5.68. The molecular formula is C13H12Br2N2O2S. The van der Waals surface area contributed by atoms with E-state index in [1.807, 2.05) is 0 Å². The Balaban J connectivity index is 2.30. The second-order valence-electron chi connectivity index (χ2n) is 4.00. The molecule has 0 aliphatic rings. The molecule has 0 heterocycles. The number of halogens is 2. The van der Waals surface area contributed by atoms with Gasteiger partial charge in [0.05, 0.1) is 10.6 Å². The summed E-state index contributed by atoms with van der Waals surface area (Å²) in [7, 11) is -1.82. The van der Waals surface area contributed by atoms with Gasteiger partial charge in [0, 0.05) is 21.7 Å². The lowest BCUT2D eigenvalue weighted by atomic mass is 10.3. The fraction of sp³-hybridized carbons (Fsp3) is 0.0769. The molecule has 0 atom stereocenters. The van der Waals surface area contributed by atoms with E-state index in [1.165, 1.54) is 0 Å². The third kappa shape index (κ3) is 3.53. The zero-order valence-corrected chi connectivity index (χ0v) is 14.5. The van der Waals surface area contributed by atoms with Gasteiger partial charge in [0.15, 0.2) is 0 Å². The molecule has 2 aromatic rings. The first-order valence-corrected chi connectivity index (χ1v) is 8.75. The molecular weight excluding hydrogens is 408 g/mol. The van der Waals surface area contributed by atoms with E-state index < -0.39 is 10.0 Å². The topological polar surface area (TPSA) is 58.2 Å². The van der Waals surface area contributed by atoms with E-state index in [9.17, 15) is 8.42 Å². The zero-order valence-electron chi connectivity index (χ0n) is 10.5. The normalized spacial score (nSPS) is 11.2. The summed E-state index contributed by atoms with van der Waals surface area (Å²) in [6, 6.07) is 11.8. The number of benzene rings is 2. The summed E-state index contributed by atoms with van der Waals surface area (Å²) in [5.41, 5.74) is 1.35. The first kappa shape index (κ1) is 15.3. The Kier molecular flexibility index (Phi) is 4.72. The minimum Gasteiger partial charge on any atom is -0.388 e. The monoisotopic (exact) mass is 418 g/mol. The van der Waals surface area contributed by atoms with Gasteiger partial charge in [0.1, 0.15) is 0 Å². The highest BCUT2D eigenvalue weighted by molar-refractivity contribution is 9.11. The average Bonchev–Trinajstić information content (AvgIpc) is 2.42. The second-order valence-corrected chi connectivity index (χ2v) is 7.46. The van der Waals surface area contributed by atoms with Crippen LogP contribution in [0, 0.1) is 0 Å². The van der Waals surface area contributed by atoms with Gasteiger partial charge in [0.2, 0.25) is 0 Å². The summed E-state index contributed by atoms with van der Waals surface area (Å²) >= 11 is 6.65. The van der Waals surface area contributed by atoms with E-state index in [0.29, 0.717) is 10.2 Å². The van der Waals surface area contributed by atoms with Crippen molar-refractivity contribution in [2.24, 2.45) is 0 Å². The number of hydrogen-bond donors (Lipinski definition) is 2. The largest absolute Gasteiger partial charge is 0.388 e. The van der Waals surface area contributed by atoms with Gasteiger partial charge in [-0.05, 0) is 58.4 Å². The highest BCUT2D eigenvalue weighted by Crippen LogP contribution is 2.28. The number of anilines is 2. The molecule has 0 saturated heterocycles. The van der Waals surface area contributed by atoms with E-state index in [2.05, 4.69) is 41.9 Å². The van der Waals surface area contributed by atoms with E-state index in [4.69, 9.17) is 0 Å². The fourth-order valence-electron chi connectivity index (χ4n) is 1.58. The van der Waals surface area contributed by atoms with Crippen LogP contribution >= 0.6 is 31.9 Å². The molecule has 2 rings (SSSR count). The van der Waals surface area contributed by atoms with Crippen LogP contribution in [0.1, 0.15) is 0 Å². The number of hydrogen-bond acceptors (Lipinski definition) is 3. The predicted octanol–water partition coefficient (Wildman–Crippen LogP) is 4.05. The summed E-state index contributed by atoms with van der Waals surface area (Å²) in [5.74, 6) is 0. The maximum atomic E-state index is 12.3. The van der Waals surface area contributed by atoms with Crippen LogP contribution in [0.2, 0.25) is 0 Å². The van der Waals surface area contributed by atoms with Gasteiger partial charge in [-0.2, -0.15) is 0 Å². The molecule has 0 spiro atoms. The van der Waals surface area contributed by atoms with Gasteiger partial charge in [-0.1, -0.05) is 15.9 Å². The van der Waals surface area contributed by atoms with Crippen molar-refractivity contribution in [1.82, 2.24) is 0 Å². The van der Waals surface area contributed by atoms with Crippen molar-refractivity contribution in [3.63, 3.8) is 0 Å². The van der Waals surface area contributed by atoms with Crippen LogP contribution in [-0.4, -0.2) is 15.5 Å². The molecule has 2 N–H and O–H groups in total. The molecule has 0 aromatic heterocycles. The molecule has 2 aromatic carbocycles. The van der Waals surface area contributed by atoms with E-state index in [0.717, 1.165) is 10.2 Å². The van der Waals surface area contributed by atoms with Gasteiger partial charge < -0.3 is 5.32 Å². The summed E-state index contributed by atoms with van der Waals surface area (Å²) in [6.45, 7) is 0. The standard InChI is InChI=1S/C13H12Br2N2O2S/c1-16-10-3-5-11(6-4-10)20(18,19)17-13-7-2-9(14)8-12(13)15/h2-8,16-17H,1H3. The van der Waals surface area contributed by atoms with Crippen molar-refractivity contribution < 1.29 is 8.42 Å². The van der Waals surface area contributed by atoms with Crippen molar-refractivity contribution >= 4 is 53.3 Å². The minimum atomic E-state index is -3.60. The number of nitrogens with one attached hydrogen (secondary N) is 2. The van der Waals surface area contributed by atoms with E-state index in [-0.39, 0.29) is 4.90 Å². The number of sulfonamides is 1. The highest BCUT2D eigenvalue weighted by Gasteiger charge is 2.15. The van der Waals surface area contributed by atoms with Gasteiger partial charge in [-0.25, -0.2) is 8.42 Å². The molecule has 106 valence electrons. The summed E-state index contributed by atoms with van der Waals surface area (Å²) in [6.07, 6.45) is 0. The van der Waals surface area contributed by atoms with E-state index >= 15 is 0 Å². The SMILES string of the molecule is CNc1ccc(S(=O)(=O)Nc2ccc(Br)cc2Br)cc1. The van der Waals surface area contributed by atoms with Crippen molar-refractivity contribution in [2.45, 2.75) is 4.90 Å². The molecule has 20 heavy (non-hydrogen) atoms. The molecule has 0 aliphatic carbocycles. The zero-order chi connectivity index (χ0) is 14.8. The second kappa shape index (κ2) is 6.15. The molecule has 0 fully saturated rings. The van der Waals surface area contributed by atoms with Crippen LogP contribution in [0.3, 0.4) is 0 Å². The Morgan fingerprint density at radius 2 is 1.65 bits per heavy atom. The lowest BCUT2D eigenvalue weighted by Crippen LogP contribution is -2.13. The van der Waals surface area contributed by atoms with Crippen LogP contribution in [0.15, 0.2) is 56.3 Å². The molecule has 0 radical (unpaired) electrons. The van der Waals surface area contributed by atoms with Crippen LogP contribution in [-0.2, 0) is 10.0 Å². The quantitative estimate of drug-likeness (QED) is 0.785. The van der Waals surface area contributed by atoms with Crippen LogP contribution in [0.4, 0.5) is 11.4 Å². The average molecular weight is 420 g/mol. The van der Waals surface area contributed by atoms with Crippen LogP contribution < -0.4 is 10.0 Å². The minimum absolute atomic E-state index is 0.214. The smallest absolute Gasteiger partial charge is 0.261 e. The van der Waals surface area contributed by atoms with Gasteiger partial charge in [0.25, 0.3) is 10.0 Å². The summed E-state index contributed by atoms with van der Waals surface area (Å²) < 4.78 is 28.6. The third-order valence-corrected chi connectivity index (χ3v) is 5.16. The van der Waals surface area contributed by atoms with Crippen molar-refractivity contribution in [3.8, 4) is 0 Å². The Morgan fingerprint density at radius 1 is 1.00 bits per heavy atom. The fourth-order valence-corrected chi connectivity index (χ4v) is 3.93. The highest BCUT2D eigenvalue weighted by atomic mass is 79.9. The Hall–Kier alpha value is -1.05. The molecule has 0 amide bonds. The van der Waals surface area contributed by atoms with Gasteiger partial charge in [-0.15, -0.1) is 0 Å². The molecule has 4 nitrogen and oxygen atoms in total. The lowest BCUT2D eigenvalue weighted by Gasteiger charge is -2.10. The Bertz CT molecular complexity index is 716. The molecule has 0 saturated carbocycles. The molecule has 0 unspecified atom stereocenters. The van der Waals surface area contributed by atoms with Crippen LogP contribution in [0.25, 0.3) is 0 Å². The maximum Gasteiger partial charge on any atom is 0.261 e. The van der Waals surface area contributed by atoms with Gasteiger partial charge >= 0.3 is 0 Å². The van der Waals surface area contributed by atoms with Crippen molar-refractivity contribution in [1.29, 1.82) is 0 Å². The van der Waals surface area contributed by atoms with Crippen LogP contribution in [0.5, 0.6) is 0 Å². The number of rotatable bonds is 4.